The average Bonchev–Trinajstić information content (AvgIpc) is 2.74. The molecule has 0 radical (unpaired) electrons. The minimum atomic E-state index is 0.128. The van der Waals surface area contributed by atoms with Crippen molar-refractivity contribution in [2.24, 2.45) is 0 Å². The summed E-state index contributed by atoms with van der Waals surface area (Å²) in [6.45, 7) is 3.46. The molecule has 0 spiro atoms. The normalized spacial score (nSPS) is 17.2. The molecule has 0 aromatic heterocycles. The average molecular weight is 270 g/mol. The molecule has 0 bridgehead atoms. The van der Waals surface area contributed by atoms with Crippen molar-refractivity contribution in [2.75, 3.05) is 13.1 Å². The van der Waals surface area contributed by atoms with E-state index >= 15 is 0 Å². The van der Waals surface area contributed by atoms with Crippen LogP contribution in [0.2, 0.25) is 0 Å². The Balaban J connectivity index is 2.17. The summed E-state index contributed by atoms with van der Waals surface area (Å²) >= 11 is 3.56. The second-order valence-corrected chi connectivity index (χ2v) is 4.87. The Hall–Kier alpha value is -0.380. The lowest BCUT2D eigenvalue weighted by atomic mass is 10.1. The molecular formula is C12H16BrNO. The molecule has 0 atom stereocenters. The summed E-state index contributed by atoms with van der Waals surface area (Å²) in [5, 5.41) is 9.28. The van der Waals surface area contributed by atoms with Gasteiger partial charge < -0.3 is 5.11 Å². The zero-order chi connectivity index (χ0) is 10.7. The quantitative estimate of drug-likeness (QED) is 0.912. The number of benzene rings is 1. The Morgan fingerprint density at radius 3 is 2.67 bits per heavy atom. The highest BCUT2D eigenvalue weighted by Gasteiger charge is 2.15. The fourth-order valence-electron chi connectivity index (χ4n) is 2.09. The van der Waals surface area contributed by atoms with Gasteiger partial charge in [-0.3, -0.25) is 4.90 Å². The fraction of sp³-hybridized carbons (Fsp3) is 0.500. The molecule has 1 aliphatic rings. The van der Waals surface area contributed by atoms with E-state index in [0.29, 0.717) is 0 Å². The molecule has 0 amide bonds. The van der Waals surface area contributed by atoms with Crippen molar-refractivity contribution < 1.29 is 5.11 Å². The van der Waals surface area contributed by atoms with Crippen molar-refractivity contribution in [1.82, 2.24) is 4.90 Å². The molecular weight excluding hydrogens is 254 g/mol. The van der Waals surface area contributed by atoms with Crippen molar-refractivity contribution in [2.45, 2.75) is 26.0 Å². The number of aliphatic hydroxyl groups excluding tert-OH is 1. The van der Waals surface area contributed by atoms with E-state index in [1.165, 1.54) is 31.5 Å². The lowest BCUT2D eigenvalue weighted by Crippen LogP contribution is -2.19. The summed E-state index contributed by atoms with van der Waals surface area (Å²) in [5.74, 6) is 0. The summed E-state index contributed by atoms with van der Waals surface area (Å²) in [5.41, 5.74) is 2.28. The van der Waals surface area contributed by atoms with Gasteiger partial charge in [0.2, 0.25) is 0 Å². The van der Waals surface area contributed by atoms with Gasteiger partial charge in [0, 0.05) is 11.0 Å². The molecule has 1 heterocycles. The third-order valence-corrected chi connectivity index (χ3v) is 3.71. The zero-order valence-corrected chi connectivity index (χ0v) is 10.3. The van der Waals surface area contributed by atoms with Gasteiger partial charge in [-0.15, -0.1) is 0 Å². The first-order valence-electron chi connectivity index (χ1n) is 5.41. The van der Waals surface area contributed by atoms with Gasteiger partial charge in [0.05, 0.1) is 6.61 Å². The highest BCUT2D eigenvalue weighted by Crippen LogP contribution is 2.24. The summed E-state index contributed by atoms with van der Waals surface area (Å²) in [6.07, 6.45) is 2.61. The Morgan fingerprint density at radius 1 is 1.27 bits per heavy atom. The third kappa shape index (κ3) is 2.60. The molecule has 82 valence electrons. The first-order chi connectivity index (χ1) is 7.31. The molecule has 15 heavy (non-hydrogen) atoms. The van der Waals surface area contributed by atoms with Crippen molar-refractivity contribution in [3.63, 3.8) is 0 Å². The number of nitrogens with zero attached hydrogens (tertiary/aromatic N) is 1. The van der Waals surface area contributed by atoms with Crippen LogP contribution in [0.3, 0.4) is 0 Å². The van der Waals surface area contributed by atoms with Gasteiger partial charge in [0.25, 0.3) is 0 Å². The van der Waals surface area contributed by atoms with E-state index in [4.69, 9.17) is 0 Å². The molecule has 0 aliphatic carbocycles. The molecule has 2 nitrogen and oxygen atoms in total. The topological polar surface area (TPSA) is 23.5 Å². The van der Waals surface area contributed by atoms with E-state index < -0.39 is 0 Å². The van der Waals surface area contributed by atoms with E-state index in [-0.39, 0.29) is 6.61 Å². The van der Waals surface area contributed by atoms with Crippen LogP contribution in [0.5, 0.6) is 0 Å². The molecule has 1 saturated heterocycles. The fourth-order valence-corrected chi connectivity index (χ4v) is 2.63. The Labute approximate surface area is 99.0 Å². The van der Waals surface area contributed by atoms with Crippen LogP contribution < -0.4 is 0 Å². The van der Waals surface area contributed by atoms with Gasteiger partial charge in [-0.1, -0.05) is 28.1 Å². The summed E-state index contributed by atoms with van der Waals surface area (Å²) in [6, 6.07) is 6.02. The lowest BCUT2D eigenvalue weighted by molar-refractivity contribution is 0.275. The van der Waals surface area contributed by atoms with Gasteiger partial charge >= 0.3 is 0 Å². The zero-order valence-electron chi connectivity index (χ0n) is 8.75. The number of halogens is 1. The molecule has 1 aliphatic heterocycles. The first-order valence-corrected chi connectivity index (χ1v) is 6.20. The van der Waals surface area contributed by atoms with Crippen LogP contribution in [-0.4, -0.2) is 23.1 Å². The maximum absolute atomic E-state index is 9.28. The van der Waals surface area contributed by atoms with Crippen LogP contribution in [0.4, 0.5) is 0 Å². The smallest absolute Gasteiger partial charge is 0.0685 e. The molecule has 1 aromatic carbocycles. The summed E-state index contributed by atoms with van der Waals surface area (Å²) in [7, 11) is 0. The third-order valence-electron chi connectivity index (χ3n) is 2.97. The molecule has 1 fully saturated rings. The van der Waals surface area contributed by atoms with Crippen LogP contribution in [0.25, 0.3) is 0 Å². The van der Waals surface area contributed by atoms with E-state index in [0.717, 1.165) is 16.6 Å². The highest BCUT2D eigenvalue weighted by molar-refractivity contribution is 9.10. The Morgan fingerprint density at radius 2 is 2.00 bits per heavy atom. The molecule has 1 aromatic rings. The van der Waals surface area contributed by atoms with E-state index in [9.17, 15) is 5.11 Å². The number of aliphatic hydroxyl groups is 1. The minimum Gasteiger partial charge on any atom is -0.392 e. The Kier molecular flexibility index (Phi) is 3.78. The monoisotopic (exact) mass is 269 g/mol. The van der Waals surface area contributed by atoms with Gasteiger partial charge in [-0.25, -0.2) is 0 Å². The highest BCUT2D eigenvalue weighted by atomic mass is 79.9. The largest absolute Gasteiger partial charge is 0.392 e. The molecule has 2 rings (SSSR count). The second-order valence-electron chi connectivity index (χ2n) is 4.02. The van der Waals surface area contributed by atoms with Crippen molar-refractivity contribution in [3.05, 3.63) is 33.8 Å². The van der Waals surface area contributed by atoms with E-state index in [2.05, 4.69) is 20.8 Å². The van der Waals surface area contributed by atoms with Crippen LogP contribution in [0, 0.1) is 0 Å². The predicted molar refractivity (Wildman–Crippen MR) is 64.6 cm³/mol. The van der Waals surface area contributed by atoms with Crippen molar-refractivity contribution in [3.8, 4) is 0 Å². The van der Waals surface area contributed by atoms with Gasteiger partial charge in [0.1, 0.15) is 0 Å². The summed E-state index contributed by atoms with van der Waals surface area (Å²) < 4.78 is 1.11. The predicted octanol–water partition coefficient (Wildman–Crippen LogP) is 2.54. The van der Waals surface area contributed by atoms with Crippen LogP contribution in [-0.2, 0) is 13.2 Å². The molecule has 0 saturated carbocycles. The number of hydrogen-bond donors (Lipinski definition) is 1. The van der Waals surface area contributed by atoms with Crippen LogP contribution in [0.15, 0.2) is 22.7 Å². The van der Waals surface area contributed by atoms with E-state index in [1.54, 1.807) is 0 Å². The minimum absolute atomic E-state index is 0.128. The van der Waals surface area contributed by atoms with Gasteiger partial charge in [-0.2, -0.15) is 0 Å². The number of hydrogen-bond acceptors (Lipinski definition) is 2. The first kappa shape index (κ1) is 11.1. The maximum Gasteiger partial charge on any atom is 0.0685 e. The van der Waals surface area contributed by atoms with Crippen LogP contribution >= 0.6 is 15.9 Å². The van der Waals surface area contributed by atoms with E-state index in [1.807, 2.05) is 18.2 Å². The lowest BCUT2D eigenvalue weighted by Gasteiger charge is -2.18. The van der Waals surface area contributed by atoms with Crippen molar-refractivity contribution >= 4 is 15.9 Å². The SMILES string of the molecule is OCc1cccc(Br)c1CN1CCCC1. The van der Waals surface area contributed by atoms with Crippen LogP contribution in [0.1, 0.15) is 24.0 Å². The summed E-state index contributed by atoms with van der Waals surface area (Å²) in [4.78, 5) is 2.44. The van der Waals surface area contributed by atoms with Gasteiger partial charge in [0.15, 0.2) is 0 Å². The van der Waals surface area contributed by atoms with Crippen molar-refractivity contribution in [1.29, 1.82) is 0 Å². The Bertz CT molecular complexity index is 334. The molecule has 1 N–H and O–H groups in total. The maximum atomic E-state index is 9.28. The molecule has 3 heteroatoms. The number of likely N-dealkylation sites (tertiary alicyclic amines) is 1. The number of rotatable bonds is 3. The second kappa shape index (κ2) is 5.10. The van der Waals surface area contributed by atoms with Gasteiger partial charge in [-0.05, 0) is 43.1 Å². The molecule has 0 unspecified atom stereocenters. The standard InChI is InChI=1S/C12H16BrNO/c13-12-5-3-4-10(9-15)11(12)8-14-6-1-2-7-14/h3-5,15H,1-2,6-9H2.